The predicted molar refractivity (Wildman–Crippen MR) is 95.1 cm³/mol. The Labute approximate surface area is 146 Å². The van der Waals surface area contributed by atoms with Crippen LogP contribution < -0.4 is 9.80 Å². The molecule has 3 aromatic heterocycles. The quantitative estimate of drug-likeness (QED) is 0.715. The van der Waals surface area contributed by atoms with Gasteiger partial charge in [0, 0.05) is 50.3 Å². The molecule has 25 heavy (non-hydrogen) atoms. The number of hydrogen-bond acceptors (Lipinski definition) is 7. The molecule has 8 heteroatoms. The molecule has 3 aromatic rings. The van der Waals surface area contributed by atoms with Crippen molar-refractivity contribution in [1.82, 2.24) is 29.7 Å². The number of rotatable bonds is 3. The van der Waals surface area contributed by atoms with E-state index in [1.165, 1.54) is 0 Å². The van der Waals surface area contributed by atoms with Crippen molar-refractivity contribution in [3.8, 4) is 5.82 Å². The fourth-order valence-electron chi connectivity index (χ4n) is 3.08. The maximum atomic E-state index is 4.50. The van der Waals surface area contributed by atoms with Crippen LogP contribution in [0, 0.1) is 13.8 Å². The molecular formula is C17H20N8. The molecule has 1 aliphatic rings. The van der Waals surface area contributed by atoms with Gasteiger partial charge in [0.25, 0.3) is 0 Å². The SMILES string of the molecule is Cc1cc(C)n(-c2cc(N3CCN(c4ncccn4)CC3)ncn2)n1. The third-order valence-corrected chi connectivity index (χ3v) is 4.30. The highest BCUT2D eigenvalue weighted by Crippen LogP contribution is 2.18. The van der Waals surface area contributed by atoms with Gasteiger partial charge in [-0.3, -0.25) is 0 Å². The smallest absolute Gasteiger partial charge is 0.225 e. The molecule has 4 rings (SSSR count). The van der Waals surface area contributed by atoms with Gasteiger partial charge in [-0.1, -0.05) is 0 Å². The van der Waals surface area contributed by atoms with E-state index >= 15 is 0 Å². The molecule has 0 spiro atoms. The Morgan fingerprint density at radius 3 is 2.16 bits per heavy atom. The maximum absolute atomic E-state index is 4.50. The molecule has 0 radical (unpaired) electrons. The Bertz CT molecular complexity index is 852. The topological polar surface area (TPSA) is 75.9 Å². The molecule has 0 N–H and O–H groups in total. The molecular weight excluding hydrogens is 316 g/mol. The minimum absolute atomic E-state index is 0.785. The van der Waals surface area contributed by atoms with Crippen LogP contribution in [0.15, 0.2) is 36.9 Å². The largest absolute Gasteiger partial charge is 0.353 e. The summed E-state index contributed by atoms with van der Waals surface area (Å²) in [6.07, 6.45) is 5.16. The van der Waals surface area contributed by atoms with Gasteiger partial charge in [-0.15, -0.1) is 0 Å². The molecule has 8 nitrogen and oxygen atoms in total. The number of hydrogen-bond donors (Lipinski definition) is 0. The van der Waals surface area contributed by atoms with Gasteiger partial charge in [0.15, 0.2) is 5.82 Å². The second kappa shape index (κ2) is 6.46. The van der Waals surface area contributed by atoms with Crippen molar-refractivity contribution in [1.29, 1.82) is 0 Å². The number of anilines is 2. The normalized spacial score (nSPS) is 14.8. The second-order valence-electron chi connectivity index (χ2n) is 6.10. The predicted octanol–water partition coefficient (Wildman–Crippen LogP) is 1.40. The molecule has 128 valence electrons. The lowest BCUT2D eigenvalue weighted by Crippen LogP contribution is -2.47. The van der Waals surface area contributed by atoms with Crippen LogP contribution in [-0.4, -0.2) is 55.9 Å². The average Bonchev–Trinajstić information content (AvgIpc) is 3.01. The summed E-state index contributed by atoms with van der Waals surface area (Å²) in [7, 11) is 0. The van der Waals surface area contributed by atoms with E-state index in [-0.39, 0.29) is 0 Å². The number of aryl methyl sites for hydroxylation is 2. The van der Waals surface area contributed by atoms with E-state index in [1.54, 1.807) is 18.7 Å². The van der Waals surface area contributed by atoms with Gasteiger partial charge >= 0.3 is 0 Å². The Kier molecular flexibility index (Phi) is 4.01. The van der Waals surface area contributed by atoms with E-state index in [4.69, 9.17) is 0 Å². The lowest BCUT2D eigenvalue weighted by molar-refractivity contribution is 0.633. The first-order valence-corrected chi connectivity index (χ1v) is 8.33. The van der Waals surface area contributed by atoms with E-state index in [9.17, 15) is 0 Å². The van der Waals surface area contributed by atoms with Gasteiger partial charge in [0.2, 0.25) is 5.95 Å². The van der Waals surface area contributed by atoms with Crippen molar-refractivity contribution >= 4 is 11.8 Å². The van der Waals surface area contributed by atoms with Gasteiger partial charge in [0.1, 0.15) is 12.1 Å². The van der Waals surface area contributed by atoms with Crippen molar-refractivity contribution in [2.75, 3.05) is 36.0 Å². The minimum Gasteiger partial charge on any atom is -0.353 e. The summed E-state index contributed by atoms with van der Waals surface area (Å²) in [5.41, 5.74) is 2.04. The van der Waals surface area contributed by atoms with E-state index in [1.807, 2.05) is 36.7 Å². The van der Waals surface area contributed by atoms with E-state index < -0.39 is 0 Å². The first-order valence-electron chi connectivity index (χ1n) is 8.33. The van der Waals surface area contributed by atoms with Crippen LogP contribution in [-0.2, 0) is 0 Å². The summed E-state index contributed by atoms with van der Waals surface area (Å²) >= 11 is 0. The molecule has 1 aliphatic heterocycles. The fraction of sp³-hybridized carbons (Fsp3) is 0.353. The molecule has 0 amide bonds. The summed E-state index contributed by atoms with van der Waals surface area (Å²) in [6, 6.07) is 5.87. The van der Waals surface area contributed by atoms with Crippen LogP contribution in [0.2, 0.25) is 0 Å². The van der Waals surface area contributed by atoms with Crippen molar-refractivity contribution in [2.24, 2.45) is 0 Å². The zero-order valence-electron chi connectivity index (χ0n) is 14.4. The summed E-state index contributed by atoms with van der Waals surface area (Å²) in [5.74, 6) is 2.50. The molecule has 0 bridgehead atoms. The summed E-state index contributed by atoms with van der Waals surface area (Å²) in [5, 5.41) is 4.50. The van der Waals surface area contributed by atoms with Gasteiger partial charge in [-0.25, -0.2) is 24.6 Å². The van der Waals surface area contributed by atoms with Crippen LogP contribution in [0.5, 0.6) is 0 Å². The third-order valence-electron chi connectivity index (χ3n) is 4.30. The van der Waals surface area contributed by atoms with Crippen LogP contribution in [0.25, 0.3) is 5.82 Å². The van der Waals surface area contributed by atoms with Crippen LogP contribution in [0.3, 0.4) is 0 Å². The zero-order valence-corrected chi connectivity index (χ0v) is 14.4. The van der Waals surface area contributed by atoms with Gasteiger partial charge in [0.05, 0.1) is 5.69 Å². The molecule has 0 unspecified atom stereocenters. The fourth-order valence-corrected chi connectivity index (χ4v) is 3.08. The molecule has 0 aliphatic carbocycles. The van der Waals surface area contributed by atoms with Crippen molar-refractivity contribution in [3.63, 3.8) is 0 Å². The van der Waals surface area contributed by atoms with E-state index in [0.717, 1.165) is 55.2 Å². The van der Waals surface area contributed by atoms with Crippen molar-refractivity contribution < 1.29 is 0 Å². The Morgan fingerprint density at radius 2 is 1.48 bits per heavy atom. The molecule has 1 fully saturated rings. The number of aromatic nitrogens is 6. The monoisotopic (exact) mass is 336 g/mol. The lowest BCUT2D eigenvalue weighted by Gasteiger charge is -2.35. The van der Waals surface area contributed by atoms with Gasteiger partial charge < -0.3 is 9.80 Å². The van der Waals surface area contributed by atoms with Crippen molar-refractivity contribution in [2.45, 2.75) is 13.8 Å². The second-order valence-corrected chi connectivity index (χ2v) is 6.10. The standard InChI is InChI=1S/C17H20N8/c1-13-10-14(2)25(22-13)16-11-15(20-12-21-16)23-6-8-24(9-7-23)17-18-4-3-5-19-17/h3-5,10-12H,6-9H2,1-2H3. The van der Waals surface area contributed by atoms with Crippen LogP contribution in [0.1, 0.15) is 11.4 Å². The highest BCUT2D eigenvalue weighted by Gasteiger charge is 2.20. The average molecular weight is 336 g/mol. The number of nitrogens with zero attached hydrogens (tertiary/aromatic N) is 8. The van der Waals surface area contributed by atoms with E-state index in [0.29, 0.717) is 0 Å². The van der Waals surface area contributed by atoms with Crippen LogP contribution >= 0.6 is 0 Å². The van der Waals surface area contributed by atoms with Crippen LogP contribution in [0.4, 0.5) is 11.8 Å². The molecule has 1 saturated heterocycles. The third kappa shape index (κ3) is 3.15. The lowest BCUT2D eigenvalue weighted by atomic mass is 10.3. The first kappa shape index (κ1) is 15.5. The number of piperazine rings is 1. The summed E-state index contributed by atoms with van der Waals surface area (Å²) in [6.45, 7) is 7.47. The van der Waals surface area contributed by atoms with Gasteiger partial charge in [-0.2, -0.15) is 5.10 Å². The first-order chi connectivity index (χ1) is 12.2. The highest BCUT2D eigenvalue weighted by atomic mass is 15.3. The molecule has 0 aromatic carbocycles. The summed E-state index contributed by atoms with van der Waals surface area (Å²) < 4.78 is 1.86. The Balaban J connectivity index is 1.50. The Hall–Kier alpha value is -3.03. The van der Waals surface area contributed by atoms with Gasteiger partial charge in [-0.05, 0) is 26.0 Å². The molecule has 4 heterocycles. The zero-order chi connectivity index (χ0) is 17.2. The minimum atomic E-state index is 0.785. The Morgan fingerprint density at radius 1 is 0.800 bits per heavy atom. The molecule has 0 saturated carbocycles. The molecule has 0 atom stereocenters. The maximum Gasteiger partial charge on any atom is 0.225 e. The highest BCUT2D eigenvalue weighted by molar-refractivity contribution is 5.46. The summed E-state index contributed by atoms with van der Waals surface area (Å²) in [4.78, 5) is 21.9. The van der Waals surface area contributed by atoms with Crippen molar-refractivity contribution in [3.05, 3.63) is 48.3 Å². The van der Waals surface area contributed by atoms with E-state index in [2.05, 4.69) is 34.8 Å².